The quantitative estimate of drug-likeness (QED) is 0.871. The van der Waals surface area contributed by atoms with Crippen molar-refractivity contribution in [3.05, 3.63) is 33.9 Å². The zero-order valence-corrected chi connectivity index (χ0v) is 14.7. The summed E-state index contributed by atoms with van der Waals surface area (Å²) in [5.74, 6) is 0.182. The van der Waals surface area contributed by atoms with E-state index in [4.69, 9.17) is 11.6 Å². The molecule has 6 heteroatoms. The van der Waals surface area contributed by atoms with Gasteiger partial charge in [0.05, 0.1) is 20.6 Å². The molecule has 24 heavy (non-hydrogen) atoms. The van der Waals surface area contributed by atoms with E-state index in [2.05, 4.69) is 10.2 Å². The first-order valence-corrected chi connectivity index (χ1v) is 9.71. The Morgan fingerprint density at radius 3 is 2.75 bits per heavy atom. The van der Waals surface area contributed by atoms with Crippen molar-refractivity contribution in [2.45, 2.75) is 37.3 Å². The molecule has 1 N–H and O–H groups in total. The number of nitrogens with zero attached hydrogens (tertiary/aromatic N) is 1. The lowest BCUT2D eigenvalue weighted by Crippen LogP contribution is -2.65. The summed E-state index contributed by atoms with van der Waals surface area (Å²) in [5.41, 5.74) is 0.220. The molecular formula is C18H18ClFN2OS. The third-order valence-electron chi connectivity index (χ3n) is 6.03. The average molecular weight is 365 g/mol. The fourth-order valence-electron chi connectivity index (χ4n) is 4.72. The van der Waals surface area contributed by atoms with Gasteiger partial charge in [0.2, 0.25) is 0 Å². The van der Waals surface area contributed by atoms with Gasteiger partial charge in [-0.1, -0.05) is 11.6 Å². The number of amides is 1. The van der Waals surface area contributed by atoms with E-state index in [1.165, 1.54) is 62.2 Å². The molecule has 126 valence electrons. The lowest BCUT2D eigenvalue weighted by atomic mass is 9.77. The summed E-state index contributed by atoms with van der Waals surface area (Å²) >= 11 is 7.46. The Hall–Kier alpha value is -1.17. The fourth-order valence-corrected chi connectivity index (χ4v) is 6.00. The zero-order chi connectivity index (χ0) is 16.5. The number of halogens is 2. The minimum absolute atomic E-state index is 0.0438. The van der Waals surface area contributed by atoms with Crippen LogP contribution in [-0.4, -0.2) is 35.5 Å². The van der Waals surface area contributed by atoms with Crippen molar-refractivity contribution in [2.24, 2.45) is 5.92 Å². The Labute approximate surface area is 148 Å². The van der Waals surface area contributed by atoms with Crippen LogP contribution in [0.15, 0.2) is 18.2 Å². The van der Waals surface area contributed by atoms with Gasteiger partial charge in [-0.05, 0) is 68.3 Å². The number of rotatable bonds is 2. The van der Waals surface area contributed by atoms with E-state index in [9.17, 15) is 9.18 Å². The molecule has 0 radical (unpaired) electrons. The molecule has 1 aromatic heterocycles. The Balaban J connectivity index is 1.44. The predicted molar refractivity (Wildman–Crippen MR) is 94.3 cm³/mol. The van der Waals surface area contributed by atoms with Gasteiger partial charge >= 0.3 is 0 Å². The predicted octanol–water partition coefficient (Wildman–Crippen LogP) is 4.05. The van der Waals surface area contributed by atoms with Gasteiger partial charge in [0, 0.05) is 5.54 Å². The molecule has 2 bridgehead atoms. The van der Waals surface area contributed by atoms with Crippen molar-refractivity contribution in [1.29, 1.82) is 0 Å². The van der Waals surface area contributed by atoms with Crippen LogP contribution in [0.3, 0.4) is 0 Å². The van der Waals surface area contributed by atoms with Crippen LogP contribution in [-0.2, 0) is 0 Å². The van der Waals surface area contributed by atoms with Gasteiger partial charge in [0.25, 0.3) is 5.91 Å². The molecule has 2 aromatic rings. The molecule has 6 rings (SSSR count). The molecule has 1 aromatic carbocycles. The van der Waals surface area contributed by atoms with Gasteiger partial charge in [-0.15, -0.1) is 11.3 Å². The van der Waals surface area contributed by atoms with Crippen molar-refractivity contribution < 1.29 is 9.18 Å². The van der Waals surface area contributed by atoms with E-state index in [0.717, 1.165) is 4.70 Å². The SMILES string of the molecule is O=C(NC1C2CCN(CC2)C12CC2)c1cc2cc(F)cc(Cl)c2s1. The molecule has 4 aliphatic rings. The molecule has 1 unspecified atom stereocenters. The first kappa shape index (κ1) is 15.1. The molecule has 4 heterocycles. The molecule has 1 amide bonds. The molecule has 3 nitrogen and oxygen atoms in total. The topological polar surface area (TPSA) is 32.3 Å². The van der Waals surface area contributed by atoms with Crippen LogP contribution < -0.4 is 5.32 Å². The summed E-state index contributed by atoms with van der Waals surface area (Å²) in [6, 6.07) is 4.75. The normalized spacial score (nSPS) is 30.0. The minimum Gasteiger partial charge on any atom is -0.346 e. The molecule has 1 atom stereocenters. The van der Waals surface area contributed by atoms with Crippen molar-refractivity contribution in [3.8, 4) is 0 Å². The van der Waals surface area contributed by atoms with Crippen molar-refractivity contribution in [1.82, 2.24) is 10.2 Å². The van der Waals surface area contributed by atoms with Crippen LogP contribution in [0.25, 0.3) is 10.1 Å². The second kappa shape index (κ2) is 5.16. The monoisotopic (exact) mass is 364 g/mol. The highest BCUT2D eigenvalue weighted by atomic mass is 35.5. The number of benzene rings is 1. The Morgan fingerprint density at radius 2 is 2.04 bits per heavy atom. The highest BCUT2D eigenvalue weighted by Crippen LogP contribution is 2.53. The fraction of sp³-hybridized carbons (Fsp3) is 0.500. The van der Waals surface area contributed by atoms with Crippen LogP contribution >= 0.6 is 22.9 Å². The van der Waals surface area contributed by atoms with E-state index in [1.54, 1.807) is 6.07 Å². The van der Waals surface area contributed by atoms with Crippen LogP contribution in [0.4, 0.5) is 4.39 Å². The lowest BCUT2D eigenvalue weighted by molar-refractivity contribution is -0.00138. The highest BCUT2D eigenvalue weighted by molar-refractivity contribution is 7.21. The lowest BCUT2D eigenvalue weighted by Gasteiger charge is -2.52. The second-order valence-electron chi connectivity index (χ2n) is 7.30. The van der Waals surface area contributed by atoms with Gasteiger partial charge in [-0.2, -0.15) is 0 Å². The Kier molecular flexibility index (Phi) is 3.25. The first-order valence-electron chi connectivity index (χ1n) is 8.51. The minimum atomic E-state index is -0.369. The molecule has 1 spiro atoms. The summed E-state index contributed by atoms with van der Waals surface area (Å²) in [5, 5.41) is 4.38. The van der Waals surface area contributed by atoms with Gasteiger partial charge < -0.3 is 5.32 Å². The van der Waals surface area contributed by atoms with E-state index in [1.807, 2.05) is 0 Å². The van der Waals surface area contributed by atoms with E-state index in [-0.39, 0.29) is 23.3 Å². The zero-order valence-electron chi connectivity index (χ0n) is 13.1. The number of carbonyl (C=O) groups is 1. The van der Waals surface area contributed by atoms with Crippen molar-refractivity contribution >= 4 is 38.9 Å². The molecule has 1 saturated carbocycles. The van der Waals surface area contributed by atoms with Gasteiger partial charge in [0.1, 0.15) is 5.82 Å². The summed E-state index contributed by atoms with van der Waals surface area (Å²) in [6.07, 6.45) is 4.74. The van der Waals surface area contributed by atoms with E-state index in [0.29, 0.717) is 21.2 Å². The standard InChI is InChI=1S/C18H18ClFN2OS/c19-13-9-12(20)7-11-8-14(24-15(11)13)17(23)21-16-10-1-5-22(6-2-10)18(16)3-4-18/h7-10,16H,1-6H2,(H,21,23). The maximum Gasteiger partial charge on any atom is 0.261 e. The van der Waals surface area contributed by atoms with E-state index < -0.39 is 0 Å². The summed E-state index contributed by atoms with van der Waals surface area (Å²) < 4.78 is 14.3. The van der Waals surface area contributed by atoms with Gasteiger partial charge in [-0.25, -0.2) is 4.39 Å². The van der Waals surface area contributed by atoms with Crippen LogP contribution in [0, 0.1) is 11.7 Å². The Morgan fingerprint density at radius 1 is 1.29 bits per heavy atom. The van der Waals surface area contributed by atoms with Crippen molar-refractivity contribution in [2.75, 3.05) is 13.1 Å². The van der Waals surface area contributed by atoms with Crippen LogP contribution in [0.5, 0.6) is 0 Å². The second-order valence-corrected chi connectivity index (χ2v) is 8.76. The maximum absolute atomic E-state index is 13.5. The number of hydrogen-bond acceptors (Lipinski definition) is 3. The number of piperidine rings is 3. The Bertz CT molecular complexity index is 839. The smallest absolute Gasteiger partial charge is 0.261 e. The van der Waals surface area contributed by atoms with Crippen molar-refractivity contribution in [3.63, 3.8) is 0 Å². The molecular weight excluding hydrogens is 347 g/mol. The van der Waals surface area contributed by atoms with Gasteiger partial charge in [-0.3, -0.25) is 9.69 Å². The molecule has 4 fully saturated rings. The third kappa shape index (κ3) is 2.14. The number of hydrogen-bond donors (Lipinski definition) is 1. The number of fused-ring (bicyclic) bond motifs is 3. The average Bonchev–Trinajstić information content (AvgIpc) is 3.22. The largest absolute Gasteiger partial charge is 0.346 e. The maximum atomic E-state index is 13.5. The van der Waals surface area contributed by atoms with E-state index >= 15 is 0 Å². The molecule has 3 saturated heterocycles. The first-order chi connectivity index (χ1) is 11.6. The van der Waals surface area contributed by atoms with Crippen LogP contribution in [0.2, 0.25) is 5.02 Å². The summed E-state index contributed by atoms with van der Waals surface area (Å²) in [4.78, 5) is 16.0. The number of carbonyl (C=O) groups excluding carboxylic acids is 1. The van der Waals surface area contributed by atoms with Crippen LogP contribution in [0.1, 0.15) is 35.4 Å². The highest BCUT2D eigenvalue weighted by Gasteiger charge is 2.60. The summed E-state index contributed by atoms with van der Waals surface area (Å²) in [7, 11) is 0. The number of nitrogens with one attached hydrogen (secondary N) is 1. The number of thiophene rings is 1. The third-order valence-corrected chi connectivity index (χ3v) is 7.62. The molecule has 3 aliphatic heterocycles. The van der Waals surface area contributed by atoms with Gasteiger partial charge in [0.15, 0.2) is 0 Å². The molecule has 1 aliphatic carbocycles. The summed E-state index contributed by atoms with van der Waals surface area (Å²) in [6.45, 7) is 2.35.